The number of alkyl carbamates (subject to hydrolysis) is 1. The van der Waals surface area contributed by atoms with E-state index in [4.69, 9.17) is 10.5 Å². The van der Waals surface area contributed by atoms with Gasteiger partial charge in [-0.2, -0.15) is 0 Å². The van der Waals surface area contributed by atoms with E-state index in [1.54, 1.807) is 13.8 Å². The van der Waals surface area contributed by atoms with Crippen LogP contribution in [0.2, 0.25) is 0 Å². The van der Waals surface area contributed by atoms with E-state index in [-0.39, 0.29) is 24.9 Å². The van der Waals surface area contributed by atoms with Crippen LogP contribution < -0.4 is 21.7 Å². The van der Waals surface area contributed by atoms with E-state index in [9.17, 15) is 19.2 Å². The number of hydrogen-bond donors (Lipinski definition) is 4. The molecule has 4 amide bonds. The van der Waals surface area contributed by atoms with Crippen molar-refractivity contribution in [2.75, 3.05) is 0 Å². The van der Waals surface area contributed by atoms with Gasteiger partial charge in [-0.15, -0.1) is 0 Å². The van der Waals surface area contributed by atoms with Gasteiger partial charge in [0.25, 0.3) is 0 Å². The van der Waals surface area contributed by atoms with Crippen LogP contribution in [-0.4, -0.2) is 41.9 Å². The molecule has 0 aliphatic heterocycles. The Morgan fingerprint density at radius 2 is 1.32 bits per heavy atom. The minimum atomic E-state index is -0.998. The lowest BCUT2D eigenvalue weighted by Gasteiger charge is -2.27. The van der Waals surface area contributed by atoms with Crippen molar-refractivity contribution >= 4 is 23.8 Å². The van der Waals surface area contributed by atoms with Crippen molar-refractivity contribution in [3.05, 3.63) is 71.8 Å². The number of carbonyl (C=O) groups is 4. The largest absolute Gasteiger partial charge is 0.445 e. The standard InChI is InChI=1S/C28H38N4O5/c1-18(2)15-22(25(29)33)30-27(35)24(19(3)4)32-26(34)23(16-20-11-7-5-8-12-20)31-28(36)37-17-21-13-9-6-10-14-21/h5-14,18-19,22-24H,15-17H2,1-4H3,(H2,29,33)(H,30,35)(H,31,36)(H,32,34)/t22-,23-,24-/m0/s1. The van der Waals surface area contributed by atoms with Gasteiger partial charge in [-0.3, -0.25) is 14.4 Å². The number of benzene rings is 2. The van der Waals surface area contributed by atoms with Gasteiger partial charge in [0.1, 0.15) is 24.7 Å². The predicted octanol–water partition coefficient (Wildman–Crippen LogP) is 2.68. The van der Waals surface area contributed by atoms with Gasteiger partial charge in [0.2, 0.25) is 17.7 Å². The molecule has 0 unspecified atom stereocenters. The number of primary amides is 1. The number of nitrogens with two attached hydrogens (primary N) is 1. The topological polar surface area (TPSA) is 140 Å². The van der Waals surface area contributed by atoms with Crippen molar-refractivity contribution in [2.45, 2.75) is 65.3 Å². The molecule has 0 bridgehead atoms. The Hall–Kier alpha value is -3.88. The summed E-state index contributed by atoms with van der Waals surface area (Å²) in [5, 5.41) is 8.03. The third kappa shape index (κ3) is 10.3. The van der Waals surface area contributed by atoms with Gasteiger partial charge >= 0.3 is 6.09 Å². The van der Waals surface area contributed by atoms with Crippen molar-refractivity contribution in [1.82, 2.24) is 16.0 Å². The molecule has 37 heavy (non-hydrogen) atoms. The van der Waals surface area contributed by atoms with E-state index < -0.39 is 41.9 Å². The quantitative estimate of drug-likeness (QED) is 0.328. The van der Waals surface area contributed by atoms with Crippen LogP contribution >= 0.6 is 0 Å². The average molecular weight is 511 g/mol. The molecule has 2 aromatic rings. The summed E-state index contributed by atoms with van der Waals surface area (Å²) in [5.41, 5.74) is 7.10. The lowest BCUT2D eigenvalue weighted by molar-refractivity contribution is -0.133. The number of rotatable bonds is 13. The van der Waals surface area contributed by atoms with Gasteiger partial charge in [0, 0.05) is 6.42 Å². The maximum absolute atomic E-state index is 13.3. The highest BCUT2D eigenvalue weighted by Gasteiger charge is 2.31. The van der Waals surface area contributed by atoms with Crippen molar-refractivity contribution < 1.29 is 23.9 Å². The number of carbonyl (C=O) groups excluding carboxylic acids is 4. The highest BCUT2D eigenvalue weighted by molar-refractivity contribution is 5.93. The van der Waals surface area contributed by atoms with Gasteiger partial charge in [-0.25, -0.2) is 4.79 Å². The fourth-order valence-corrected chi connectivity index (χ4v) is 3.73. The summed E-state index contributed by atoms with van der Waals surface area (Å²) in [4.78, 5) is 50.7. The van der Waals surface area contributed by atoms with E-state index >= 15 is 0 Å². The third-order valence-electron chi connectivity index (χ3n) is 5.72. The van der Waals surface area contributed by atoms with E-state index in [2.05, 4.69) is 16.0 Å². The van der Waals surface area contributed by atoms with Crippen molar-refractivity contribution in [3.8, 4) is 0 Å². The van der Waals surface area contributed by atoms with Gasteiger partial charge in [0.15, 0.2) is 0 Å². The minimum Gasteiger partial charge on any atom is -0.445 e. The SMILES string of the molecule is CC(C)C[C@H](NC(=O)[C@@H](NC(=O)[C@H](Cc1ccccc1)NC(=O)OCc1ccccc1)C(C)C)C(N)=O. The molecule has 0 fully saturated rings. The Labute approximate surface area is 218 Å². The molecule has 2 rings (SSSR count). The fraction of sp³-hybridized carbons (Fsp3) is 0.429. The van der Waals surface area contributed by atoms with Crippen LogP contribution in [0.15, 0.2) is 60.7 Å². The Morgan fingerprint density at radius 3 is 1.84 bits per heavy atom. The number of nitrogens with one attached hydrogen (secondary N) is 3. The molecule has 0 radical (unpaired) electrons. The van der Waals surface area contributed by atoms with Crippen LogP contribution in [0.3, 0.4) is 0 Å². The first-order chi connectivity index (χ1) is 17.6. The first kappa shape index (κ1) is 29.4. The second kappa shape index (κ2) is 14.6. The first-order valence-corrected chi connectivity index (χ1v) is 12.5. The Bertz CT molecular complexity index is 1030. The predicted molar refractivity (Wildman–Crippen MR) is 141 cm³/mol. The molecular weight excluding hydrogens is 472 g/mol. The van der Waals surface area contributed by atoms with Crippen molar-refractivity contribution in [2.24, 2.45) is 17.6 Å². The molecule has 0 saturated heterocycles. The molecule has 9 heteroatoms. The second-order valence-corrected chi connectivity index (χ2v) is 9.77. The van der Waals surface area contributed by atoms with E-state index in [0.29, 0.717) is 6.42 Å². The average Bonchev–Trinajstić information content (AvgIpc) is 2.85. The number of hydrogen-bond acceptors (Lipinski definition) is 5. The number of ether oxygens (including phenoxy) is 1. The summed E-state index contributed by atoms with van der Waals surface area (Å²) in [6, 6.07) is 15.6. The van der Waals surface area contributed by atoms with Gasteiger partial charge < -0.3 is 26.4 Å². The summed E-state index contributed by atoms with van der Waals surface area (Å²) < 4.78 is 5.30. The molecule has 9 nitrogen and oxygen atoms in total. The first-order valence-electron chi connectivity index (χ1n) is 12.5. The van der Waals surface area contributed by atoms with Crippen molar-refractivity contribution in [3.63, 3.8) is 0 Å². The summed E-state index contributed by atoms with van der Waals surface area (Å²) in [5.74, 6) is -1.86. The van der Waals surface area contributed by atoms with Crippen LogP contribution in [0.4, 0.5) is 4.79 Å². The van der Waals surface area contributed by atoms with E-state index in [1.807, 2.05) is 74.5 Å². The second-order valence-electron chi connectivity index (χ2n) is 9.77. The Morgan fingerprint density at radius 1 is 0.757 bits per heavy atom. The zero-order chi connectivity index (χ0) is 27.4. The lowest BCUT2D eigenvalue weighted by atomic mass is 9.99. The molecule has 5 N–H and O–H groups in total. The minimum absolute atomic E-state index is 0.0493. The summed E-state index contributed by atoms with van der Waals surface area (Å²) in [7, 11) is 0. The van der Waals surface area contributed by atoms with Gasteiger partial charge in [0.05, 0.1) is 0 Å². The van der Waals surface area contributed by atoms with Crippen LogP contribution in [0.1, 0.15) is 45.2 Å². The molecule has 0 heterocycles. The fourth-order valence-electron chi connectivity index (χ4n) is 3.73. The number of amides is 4. The van der Waals surface area contributed by atoms with E-state index in [1.165, 1.54) is 0 Å². The monoisotopic (exact) mass is 510 g/mol. The highest BCUT2D eigenvalue weighted by atomic mass is 16.5. The third-order valence-corrected chi connectivity index (χ3v) is 5.72. The van der Waals surface area contributed by atoms with Crippen molar-refractivity contribution in [1.29, 1.82) is 0 Å². The van der Waals surface area contributed by atoms with E-state index in [0.717, 1.165) is 11.1 Å². The van der Waals surface area contributed by atoms with Gasteiger partial charge in [-0.1, -0.05) is 88.4 Å². The molecule has 0 spiro atoms. The summed E-state index contributed by atoms with van der Waals surface area (Å²) in [6.07, 6.45) is -0.182. The molecule has 200 valence electrons. The lowest BCUT2D eigenvalue weighted by Crippen LogP contribution is -2.58. The zero-order valence-electron chi connectivity index (χ0n) is 21.9. The highest BCUT2D eigenvalue weighted by Crippen LogP contribution is 2.10. The summed E-state index contributed by atoms with van der Waals surface area (Å²) in [6.45, 7) is 7.44. The maximum Gasteiger partial charge on any atom is 0.408 e. The Kier molecular flexibility index (Phi) is 11.6. The molecule has 0 aromatic heterocycles. The maximum atomic E-state index is 13.3. The molecule has 2 aromatic carbocycles. The van der Waals surface area contributed by atoms with Crippen LogP contribution in [0, 0.1) is 11.8 Å². The molecule has 0 saturated carbocycles. The molecule has 3 atom stereocenters. The molecular formula is C28H38N4O5. The normalized spacial score (nSPS) is 13.4. The van der Waals surface area contributed by atoms with Crippen LogP contribution in [0.5, 0.6) is 0 Å². The molecule has 0 aliphatic carbocycles. The van der Waals surface area contributed by atoms with Crippen LogP contribution in [-0.2, 0) is 32.1 Å². The zero-order valence-corrected chi connectivity index (χ0v) is 21.9. The molecule has 0 aliphatic rings. The Balaban J connectivity index is 2.13. The van der Waals surface area contributed by atoms with Crippen LogP contribution in [0.25, 0.3) is 0 Å². The smallest absolute Gasteiger partial charge is 0.408 e. The summed E-state index contributed by atoms with van der Waals surface area (Å²) >= 11 is 0. The van der Waals surface area contributed by atoms with Gasteiger partial charge in [-0.05, 0) is 29.4 Å².